The summed E-state index contributed by atoms with van der Waals surface area (Å²) >= 11 is 3.48. The van der Waals surface area contributed by atoms with Gasteiger partial charge in [-0.3, -0.25) is 4.79 Å². The molecule has 0 radical (unpaired) electrons. The van der Waals surface area contributed by atoms with Gasteiger partial charge < -0.3 is 9.64 Å². The van der Waals surface area contributed by atoms with Crippen LogP contribution >= 0.6 is 15.9 Å². The fourth-order valence-electron chi connectivity index (χ4n) is 2.28. The molecule has 0 amide bonds. The Morgan fingerprint density at radius 1 is 1.50 bits per heavy atom. The summed E-state index contributed by atoms with van der Waals surface area (Å²) in [4.78, 5) is 14.0. The average Bonchev–Trinajstić information content (AvgIpc) is 2.53. The molecule has 0 N–H and O–H groups in total. The highest BCUT2D eigenvalue weighted by Crippen LogP contribution is 2.27. The summed E-state index contributed by atoms with van der Waals surface area (Å²) < 4.78 is 6.65. The van der Waals surface area contributed by atoms with Gasteiger partial charge in [0.1, 0.15) is 0 Å². The molecule has 3 nitrogen and oxygen atoms in total. The van der Waals surface area contributed by atoms with E-state index in [0.717, 1.165) is 41.8 Å². The molecule has 1 fully saturated rings. The van der Waals surface area contributed by atoms with Crippen molar-refractivity contribution < 1.29 is 9.53 Å². The zero-order chi connectivity index (χ0) is 13.1. The SMILES string of the molecule is CC(=O)c1ccc(Br)cc1N1CCCOC(C)C1. The largest absolute Gasteiger partial charge is 0.377 e. The molecular weight excluding hydrogens is 294 g/mol. The van der Waals surface area contributed by atoms with E-state index in [1.165, 1.54) is 0 Å². The van der Waals surface area contributed by atoms with Crippen molar-refractivity contribution in [2.24, 2.45) is 0 Å². The lowest BCUT2D eigenvalue weighted by molar-refractivity contribution is 0.0820. The molecule has 18 heavy (non-hydrogen) atoms. The summed E-state index contributed by atoms with van der Waals surface area (Å²) in [5, 5.41) is 0. The van der Waals surface area contributed by atoms with Gasteiger partial charge in [0.05, 0.1) is 6.10 Å². The zero-order valence-electron chi connectivity index (χ0n) is 10.8. The Bertz CT molecular complexity index is 447. The van der Waals surface area contributed by atoms with Crippen LogP contribution < -0.4 is 4.90 Å². The number of hydrogen-bond donors (Lipinski definition) is 0. The van der Waals surface area contributed by atoms with Crippen LogP contribution in [-0.2, 0) is 4.74 Å². The molecule has 0 aromatic heterocycles. The molecule has 98 valence electrons. The summed E-state index contributed by atoms with van der Waals surface area (Å²) in [7, 11) is 0. The zero-order valence-corrected chi connectivity index (χ0v) is 12.4. The van der Waals surface area contributed by atoms with Crippen molar-refractivity contribution in [3.8, 4) is 0 Å². The number of ether oxygens (including phenoxy) is 1. The number of Topliss-reactive ketones (excluding diaryl/α,β-unsaturated/α-hetero) is 1. The maximum absolute atomic E-state index is 11.7. The number of benzene rings is 1. The van der Waals surface area contributed by atoms with E-state index in [0.29, 0.717) is 0 Å². The monoisotopic (exact) mass is 311 g/mol. The average molecular weight is 312 g/mol. The maximum Gasteiger partial charge on any atom is 0.161 e. The van der Waals surface area contributed by atoms with Crippen LogP contribution in [0.5, 0.6) is 0 Å². The molecule has 1 aliphatic heterocycles. The Kier molecular flexibility index (Phi) is 4.40. The summed E-state index contributed by atoms with van der Waals surface area (Å²) in [6.07, 6.45) is 1.19. The van der Waals surface area contributed by atoms with Crippen molar-refractivity contribution in [2.75, 3.05) is 24.6 Å². The number of carbonyl (C=O) groups excluding carboxylic acids is 1. The van der Waals surface area contributed by atoms with Gasteiger partial charge in [0.2, 0.25) is 0 Å². The second-order valence-electron chi connectivity index (χ2n) is 4.70. The number of anilines is 1. The maximum atomic E-state index is 11.7. The van der Waals surface area contributed by atoms with Crippen LogP contribution in [0.1, 0.15) is 30.6 Å². The van der Waals surface area contributed by atoms with E-state index in [9.17, 15) is 4.79 Å². The van der Waals surface area contributed by atoms with Crippen molar-refractivity contribution in [1.82, 2.24) is 0 Å². The molecular formula is C14H18BrNO2. The quantitative estimate of drug-likeness (QED) is 0.785. The standard InChI is InChI=1S/C14H18BrNO2/c1-10-9-16(6-3-7-18-10)14-8-12(15)4-5-13(14)11(2)17/h4-5,8,10H,3,6-7,9H2,1-2H3. The third-order valence-electron chi connectivity index (χ3n) is 3.13. The van der Waals surface area contributed by atoms with Crippen LogP contribution in [0.25, 0.3) is 0 Å². The number of ketones is 1. The molecule has 4 heteroatoms. The number of carbonyl (C=O) groups is 1. The fraction of sp³-hybridized carbons (Fsp3) is 0.500. The van der Waals surface area contributed by atoms with Crippen LogP contribution in [0.3, 0.4) is 0 Å². The van der Waals surface area contributed by atoms with Crippen molar-refractivity contribution in [3.63, 3.8) is 0 Å². The van der Waals surface area contributed by atoms with Gasteiger partial charge in [0.25, 0.3) is 0 Å². The molecule has 1 aromatic rings. The first kappa shape index (κ1) is 13.6. The minimum atomic E-state index is 0.107. The second-order valence-corrected chi connectivity index (χ2v) is 5.61. The van der Waals surface area contributed by atoms with E-state index in [2.05, 4.69) is 27.8 Å². The molecule has 2 rings (SSSR count). The van der Waals surface area contributed by atoms with E-state index in [-0.39, 0.29) is 11.9 Å². The molecule has 0 bridgehead atoms. The molecule has 1 heterocycles. The molecule has 0 aliphatic carbocycles. The number of hydrogen-bond acceptors (Lipinski definition) is 3. The number of rotatable bonds is 2. The van der Waals surface area contributed by atoms with Crippen LogP contribution in [0.4, 0.5) is 5.69 Å². The van der Waals surface area contributed by atoms with Crippen molar-refractivity contribution >= 4 is 27.4 Å². The van der Waals surface area contributed by atoms with Gasteiger partial charge in [0.15, 0.2) is 5.78 Å². The summed E-state index contributed by atoms with van der Waals surface area (Å²) in [5.74, 6) is 0.107. The Labute approximate surface area is 116 Å². The van der Waals surface area contributed by atoms with Gasteiger partial charge >= 0.3 is 0 Å². The highest BCUT2D eigenvalue weighted by atomic mass is 79.9. The van der Waals surface area contributed by atoms with Crippen molar-refractivity contribution in [2.45, 2.75) is 26.4 Å². The van der Waals surface area contributed by atoms with Crippen molar-refractivity contribution in [1.29, 1.82) is 0 Å². The third kappa shape index (κ3) is 3.12. The van der Waals surface area contributed by atoms with E-state index < -0.39 is 0 Å². The summed E-state index contributed by atoms with van der Waals surface area (Å²) in [5.41, 5.74) is 1.79. The van der Waals surface area contributed by atoms with Gasteiger partial charge in [0, 0.05) is 35.4 Å². The molecule has 0 saturated carbocycles. The van der Waals surface area contributed by atoms with Crippen LogP contribution in [0.2, 0.25) is 0 Å². The Hall–Kier alpha value is -0.870. The molecule has 1 aliphatic rings. The molecule has 1 unspecified atom stereocenters. The highest BCUT2D eigenvalue weighted by molar-refractivity contribution is 9.10. The lowest BCUT2D eigenvalue weighted by atomic mass is 10.1. The predicted octanol–water partition coefficient (Wildman–Crippen LogP) is 3.27. The lowest BCUT2D eigenvalue weighted by Gasteiger charge is -2.26. The van der Waals surface area contributed by atoms with E-state index in [1.54, 1.807) is 6.92 Å². The summed E-state index contributed by atoms with van der Waals surface area (Å²) in [6, 6.07) is 5.82. The van der Waals surface area contributed by atoms with Crippen LogP contribution in [-0.4, -0.2) is 31.6 Å². The molecule has 1 aromatic carbocycles. The Morgan fingerprint density at radius 3 is 3.00 bits per heavy atom. The van der Waals surface area contributed by atoms with Gasteiger partial charge in [-0.15, -0.1) is 0 Å². The van der Waals surface area contributed by atoms with E-state index in [4.69, 9.17) is 4.74 Å². The number of halogens is 1. The molecule has 0 spiro atoms. The highest BCUT2D eigenvalue weighted by Gasteiger charge is 2.19. The first-order chi connectivity index (χ1) is 8.58. The topological polar surface area (TPSA) is 29.5 Å². The molecule has 1 atom stereocenters. The van der Waals surface area contributed by atoms with Gasteiger partial charge in [-0.25, -0.2) is 0 Å². The van der Waals surface area contributed by atoms with Gasteiger partial charge in [-0.05, 0) is 38.5 Å². The van der Waals surface area contributed by atoms with Gasteiger partial charge in [-0.2, -0.15) is 0 Å². The fourth-order valence-corrected chi connectivity index (χ4v) is 2.63. The molecule has 1 saturated heterocycles. The first-order valence-corrected chi connectivity index (χ1v) is 7.04. The Balaban J connectivity index is 2.35. The van der Waals surface area contributed by atoms with Crippen LogP contribution in [0, 0.1) is 0 Å². The van der Waals surface area contributed by atoms with Crippen molar-refractivity contribution in [3.05, 3.63) is 28.2 Å². The van der Waals surface area contributed by atoms with Crippen LogP contribution in [0.15, 0.2) is 22.7 Å². The number of nitrogens with zero attached hydrogens (tertiary/aromatic N) is 1. The Morgan fingerprint density at radius 2 is 2.28 bits per heavy atom. The van der Waals surface area contributed by atoms with Gasteiger partial charge in [-0.1, -0.05) is 15.9 Å². The minimum Gasteiger partial charge on any atom is -0.377 e. The second kappa shape index (κ2) is 5.85. The predicted molar refractivity (Wildman–Crippen MR) is 76.4 cm³/mol. The summed E-state index contributed by atoms with van der Waals surface area (Å²) in [6.45, 7) is 6.24. The van der Waals surface area contributed by atoms with E-state index >= 15 is 0 Å². The first-order valence-electron chi connectivity index (χ1n) is 6.25. The third-order valence-corrected chi connectivity index (χ3v) is 3.63. The smallest absolute Gasteiger partial charge is 0.161 e. The normalized spacial score (nSPS) is 20.6. The van der Waals surface area contributed by atoms with E-state index in [1.807, 2.05) is 18.2 Å². The lowest BCUT2D eigenvalue weighted by Crippen LogP contribution is -2.31. The minimum absolute atomic E-state index is 0.107.